The first-order valence-corrected chi connectivity index (χ1v) is 6.01. The van der Waals surface area contributed by atoms with Crippen LogP contribution in [0, 0.1) is 13.8 Å². The zero-order valence-electron chi connectivity index (χ0n) is 11.1. The number of aromatic nitrogens is 1. The summed E-state index contributed by atoms with van der Waals surface area (Å²) in [6.07, 6.45) is -0.578. The van der Waals surface area contributed by atoms with Crippen molar-refractivity contribution in [1.82, 2.24) is 4.98 Å². The molecule has 0 aliphatic carbocycles. The lowest BCUT2D eigenvalue weighted by molar-refractivity contribution is 0.0994. The van der Waals surface area contributed by atoms with Crippen LogP contribution in [0.4, 0.5) is 5.69 Å². The fourth-order valence-electron chi connectivity index (χ4n) is 1.81. The lowest BCUT2D eigenvalue weighted by atomic mass is 10.1. The zero-order chi connectivity index (χ0) is 14.0. The number of amides is 1. The van der Waals surface area contributed by atoms with Crippen molar-refractivity contribution in [2.24, 2.45) is 0 Å². The molecule has 0 saturated carbocycles. The first-order valence-electron chi connectivity index (χ1n) is 6.01. The number of rotatable bonds is 3. The fraction of sp³-hybridized carbons (Fsp3) is 0.286. The van der Waals surface area contributed by atoms with E-state index < -0.39 is 6.10 Å². The second-order valence-corrected chi connectivity index (χ2v) is 4.40. The Morgan fingerprint density at radius 2 is 2.16 bits per heavy atom. The van der Waals surface area contributed by atoms with Gasteiger partial charge >= 0.3 is 0 Å². The van der Waals surface area contributed by atoms with E-state index in [9.17, 15) is 9.90 Å². The number of benzene rings is 1. The normalized spacial score (nSPS) is 12.2. The van der Waals surface area contributed by atoms with E-state index in [1.165, 1.54) is 0 Å². The molecule has 5 heteroatoms. The Balaban J connectivity index is 2.19. The summed E-state index contributed by atoms with van der Waals surface area (Å²) in [6, 6.07) is 7.05. The van der Waals surface area contributed by atoms with Gasteiger partial charge in [-0.15, -0.1) is 0 Å². The molecule has 2 rings (SSSR count). The molecule has 1 aromatic carbocycles. The van der Waals surface area contributed by atoms with Gasteiger partial charge in [-0.05, 0) is 31.5 Å². The van der Waals surface area contributed by atoms with E-state index >= 15 is 0 Å². The van der Waals surface area contributed by atoms with Crippen LogP contribution in [0.15, 0.2) is 28.7 Å². The number of hydrogen-bond acceptors (Lipinski definition) is 4. The van der Waals surface area contributed by atoms with Gasteiger partial charge in [0.1, 0.15) is 0 Å². The molecule has 0 bridgehead atoms. The number of anilines is 1. The molecule has 0 aliphatic rings. The van der Waals surface area contributed by atoms with E-state index in [1.807, 2.05) is 0 Å². The van der Waals surface area contributed by atoms with E-state index in [0.717, 1.165) is 5.56 Å². The van der Waals surface area contributed by atoms with Gasteiger partial charge in [-0.2, -0.15) is 0 Å². The molecule has 5 nitrogen and oxygen atoms in total. The van der Waals surface area contributed by atoms with Crippen molar-refractivity contribution in [2.75, 3.05) is 5.32 Å². The molecular formula is C14H16N2O3. The highest BCUT2D eigenvalue weighted by atomic mass is 16.4. The van der Waals surface area contributed by atoms with E-state index in [2.05, 4.69) is 10.3 Å². The van der Waals surface area contributed by atoms with E-state index in [4.69, 9.17) is 4.42 Å². The molecule has 2 N–H and O–H groups in total. The van der Waals surface area contributed by atoms with Crippen LogP contribution in [0.25, 0.3) is 0 Å². The quantitative estimate of drug-likeness (QED) is 0.889. The molecule has 1 amide bonds. The monoisotopic (exact) mass is 260 g/mol. The maximum atomic E-state index is 12.0. The molecule has 1 atom stereocenters. The summed E-state index contributed by atoms with van der Waals surface area (Å²) in [5.41, 5.74) is 1.90. The van der Waals surface area contributed by atoms with E-state index in [0.29, 0.717) is 17.3 Å². The van der Waals surface area contributed by atoms with E-state index in [1.54, 1.807) is 45.0 Å². The van der Waals surface area contributed by atoms with Crippen LogP contribution < -0.4 is 5.32 Å². The van der Waals surface area contributed by atoms with Crippen molar-refractivity contribution < 1.29 is 14.3 Å². The van der Waals surface area contributed by atoms with Gasteiger partial charge in [-0.1, -0.05) is 12.1 Å². The van der Waals surface area contributed by atoms with Crippen LogP contribution in [0.2, 0.25) is 0 Å². The van der Waals surface area contributed by atoms with Crippen LogP contribution in [-0.4, -0.2) is 16.0 Å². The lowest BCUT2D eigenvalue weighted by Crippen LogP contribution is -2.12. The van der Waals surface area contributed by atoms with Gasteiger partial charge in [-0.25, -0.2) is 4.98 Å². The largest absolute Gasteiger partial charge is 0.436 e. The number of aliphatic hydroxyl groups excluding tert-OH is 1. The average Bonchev–Trinajstić information content (AvgIpc) is 2.69. The highest BCUT2D eigenvalue weighted by Gasteiger charge is 2.16. The number of aryl methyl sites for hydroxylation is 2. The first kappa shape index (κ1) is 13.3. The van der Waals surface area contributed by atoms with E-state index in [-0.39, 0.29) is 11.7 Å². The van der Waals surface area contributed by atoms with Crippen molar-refractivity contribution in [3.05, 3.63) is 47.2 Å². The maximum absolute atomic E-state index is 12.0. The van der Waals surface area contributed by atoms with Gasteiger partial charge in [-0.3, -0.25) is 4.79 Å². The molecular weight excluding hydrogens is 244 g/mol. The molecule has 0 spiro atoms. The SMILES string of the molecule is Cc1nc(C)c(C(=O)Nc2cccc(C(C)O)c2)o1. The molecule has 1 unspecified atom stereocenters. The molecule has 0 radical (unpaired) electrons. The van der Waals surface area contributed by atoms with Gasteiger partial charge in [0.25, 0.3) is 5.91 Å². The van der Waals surface area contributed by atoms with Crippen molar-refractivity contribution in [2.45, 2.75) is 26.9 Å². The summed E-state index contributed by atoms with van der Waals surface area (Å²) in [6.45, 7) is 5.08. The van der Waals surface area contributed by atoms with Crippen molar-refractivity contribution >= 4 is 11.6 Å². The molecule has 19 heavy (non-hydrogen) atoms. The number of carbonyl (C=O) groups is 1. The predicted molar refractivity (Wildman–Crippen MR) is 71.0 cm³/mol. The molecule has 0 saturated heterocycles. The third kappa shape index (κ3) is 3.00. The first-order chi connectivity index (χ1) is 8.97. The minimum absolute atomic E-state index is 0.208. The Labute approximate surface area is 111 Å². The fourth-order valence-corrected chi connectivity index (χ4v) is 1.81. The Morgan fingerprint density at radius 1 is 1.42 bits per heavy atom. The highest BCUT2D eigenvalue weighted by molar-refractivity contribution is 6.02. The summed E-state index contributed by atoms with van der Waals surface area (Å²) in [5.74, 6) is 0.321. The van der Waals surface area contributed by atoms with Crippen molar-refractivity contribution in [3.8, 4) is 0 Å². The molecule has 1 aromatic heterocycles. The highest BCUT2D eigenvalue weighted by Crippen LogP contribution is 2.18. The summed E-state index contributed by atoms with van der Waals surface area (Å²) in [7, 11) is 0. The Bertz CT molecular complexity index is 602. The topological polar surface area (TPSA) is 75.4 Å². The summed E-state index contributed by atoms with van der Waals surface area (Å²) >= 11 is 0. The number of nitrogens with one attached hydrogen (secondary N) is 1. The van der Waals surface area contributed by atoms with Crippen molar-refractivity contribution in [3.63, 3.8) is 0 Å². The van der Waals surface area contributed by atoms with Gasteiger partial charge in [0, 0.05) is 12.6 Å². The smallest absolute Gasteiger partial charge is 0.293 e. The predicted octanol–water partition coefficient (Wildman–Crippen LogP) is 2.60. The van der Waals surface area contributed by atoms with Crippen molar-refractivity contribution in [1.29, 1.82) is 0 Å². The van der Waals surface area contributed by atoms with Crippen LogP contribution in [-0.2, 0) is 0 Å². The number of nitrogens with zero attached hydrogens (tertiary/aromatic N) is 1. The number of hydrogen-bond donors (Lipinski definition) is 2. The van der Waals surface area contributed by atoms with Gasteiger partial charge in [0.15, 0.2) is 5.89 Å². The third-order valence-corrected chi connectivity index (χ3v) is 2.74. The van der Waals surface area contributed by atoms with Gasteiger partial charge < -0.3 is 14.8 Å². The van der Waals surface area contributed by atoms with Gasteiger partial charge in [0.2, 0.25) is 5.76 Å². The zero-order valence-corrected chi connectivity index (χ0v) is 11.1. The number of carbonyl (C=O) groups excluding carboxylic acids is 1. The standard InChI is InChI=1S/C14H16N2O3/c1-8-13(19-10(3)15-8)14(18)16-12-6-4-5-11(7-12)9(2)17/h4-7,9,17H,1-3H3,(H,16,18). The summed E-state index contributed by atoms with van der Waals surface area (Å²) in [5, 5.41) is 12.2. The molecule has 0 fully saturated rings. The average molecular weight is 260 g/mol. The summed E-state index contributed by atoms with van der Waals surface area (Å²) < 4.78 is 5.25. The third-order valence-electron chi connectivity index (χ3n) is 2.74. The van der Waals surface area contributed by atoms with Crippen LogP contribution >= 0.6 is 0 Å². The second-order valence-electron chi connectivity index (χ2n) is 4.40. The van der Waals surface area contributed by atoms with Crippen LogP contribution in [0.3, 0.4) is 0 Å². The Hall–Kier alpha value is -2.14. The number of aliphatic hydroxyl groups is 1. The minimum atomic E-state index is -0.578. The lowest BCUT2D eigenvalue weighted by Gasteiger charge is -2.08. The second kappa shape index (κ2) is 5.24. The van der Waals surface area contributed by atoms with Crippen LogP contribution in [0.1, 0.15) is 40.7 Å². The molecule has 2 aromatic rings. The Morgan fingerprint density at radius 3 is 2.74 bits per heavy atom. The molecule has 100 valence electrons. The minimum Gasteiger partial charge on any atom is -0.436 e. The maximum Gasteiger partial charge on any atom is 0.293 e. The Kier molecular flexibility index (Phi) is 3.66. The molecule has 1 heterocycles. The van der Waals surface area contributed by atoms with Gasteiger partial charge in [0.05, 0.1) is 11.8 Å². The molecule has 0 aliphatic heterocycles. The summed E-state index contributed by atoms with van der Waals surface area (Å²) in [4.78, 5) is 16.1. The van der Waals surface area contributed by atoms with Crippen LogP contribution in [0.5, 0.6) is 0 Å². The number of oxazole rings is 1.